The lowest BCUT2D eigenvalue weighted by molar-refractivity contribution is 0.0641. The summed E-state index contributed by atoms with van der Waals surface area (Å²) in [4.78, 5) is 107. The van der Waals surface area contributed by atoms with Gasteiger partial charge in [0.2, 0.25) is 0 Å². The number of carbonyl (C=O) groups excluding carboxylic acids is 8. The molecule has 0 bridgehead atoms. The number of rotatable bonds is 21. The lowest BCUT2D eigenvalue weighted by Gasteiger charge is -2.31. The fraction of sp³-hybridized carbons (Fsp3) is 0.303. The van der Waals surface area contributed by atoms with Crippen LogP contribution >= 0.6 is 11.6 Å². The first-order valence-corrected chi connectivity index (χ1v) is 43.7. The van der Waals surface area contributed by atoms with Crippen molar-refractivity contribution in [1.29, 1.82) is 5.26 Å². The largest absolute Gasteiger partial charge is 0.487 e. The van der Waals surface area contributed by atoms with Gasteiger partial charge in [0.1, 0.15) is 110 Å². The van der Waals surface area contributed by atoms with E-state index in [1.165, 1.54) is 36.2 Å². The average molecular weight is 1860 g/mol. The number of fused-ring (bicyclic) bond motifs is 4. The lowest BCUT2D eigenvalue weighted by atomic mass is 9.99. The molecule has 0 aliphatic carbocycles. The second-order valence-electron chi connectivity index (χ2n) is 35.9. The monoisotopic (exact) mass is 1860 g/mol. The fourth-order valence-corrected chi connectivity index (χ4v) is 15.8. The van der Waals surface area contributed by atoms with Crippen molar-refractivity contribution in [3.8, 4) is 75.1 Å². The Balaban J connectivity index is 0.000000137. The third-order valence-corrected chi connectivity index (χ3v) is 22.7. The molecule has 698 valence electrons. The maximum atomic E-state index is 14.7. The van der Waals surface area contributed by atoms with Gasteiger partial charge >= 0.3 is 0 Å². The summed E-state index contributed by atoms with van der Waals surface area (Å²) in [6.45, 7) is 18.4. The van der Waals surface area contributed by atoms with Crippen molar-refractivity contribution in [2.24, 2.45) is 28.2 Å². The summed E-state index contributed by atoms with van der Waals surface area (Å²) in [7, 11) is 11.8. The van der Waals surface area contributed by atoms with Crippen LogP contribution in [-0.2, 0) is 53.9 Å². The number of nitrogens with zero attached hydrogens (tertiary/aromatic N) is 13. The van der Waals surface area contributed by atoms with E-state index in [-0.39, 0.29) is 75.2 Å². The maximum absolute atomic E-state index is 14.7. The molecule has 0 radical (unpaired) electrons. The van der Waals surface area contributed by atoms with Crippen molar-refractivity contribution in [2.75, 3.05) is 75.1 Å². The maximum Gasteiger partial charge on any atom is 0.257 e. The van der Waals surface area contributed by atoms with Crippen molar-refractivity contribution < 1.29 is 85.0 Å². The number of likely N-dealkylation sites (tertiary alicyclic amines) is 2. The molecule has 0 unspecified atom stereocenters. The van der Waals surface area contributed by atoms with Gasteiger partial charge in [-0.25, -0.2) is 8.78 Å². The van der Waals surface area contributed by atoms with Crippen molar-refractivity contribution in [2.45, 2.75) is 116 Å². The minimum Gasteiger partial charge on any atom is -0.487 e. The highest BCUT2D eigenvalue weighted by Crippen LogP contribution is 2.49. The minimum atomic E-state index is -0.783. The summed E-state index contributed by atoms with van der Waals surface area (Å²) >= 11 is 6.35. The van der Waals surface area contributed by atoms with Crippen molar-refractivity contribution in [3.63, 3.8) is 0 Å². The Morgan fingerprint density at radius 1 is 0.400 bits per heavy atom. The Labute approximate surface area is 781 Å². The quantitative estimate of drug-likeness (QED) is 0.0485. The molecule has 4 N–H and O–H groups in total. The van der Waals surface area contributed by atoms with Crippen LogP contribution in [0.5, 0.6) is 69.0 Å². The number of carbonyl (C=O) groups is 8. The number of halogens is 3. The van der Waals surface area contributed by atoms with E-state index >= 15 is 0 Å². The number of aryl methyl sites for hydroxylation is 4. The van der Waals surface area contributed by atoms with Crippen molar-refractivity contribution in [1.82, 2.24) is 58.7 Å². The Kier molecular flexibility index (Phi) is 26.7. The number of hydrogen-bond donors (Lipinski definition) is 4. The molecule has 2 fully saturated rings. The number of nitrogens with one attached hydrogen (secondary N) is 4. The van der Waals surface area contributed by atoms with E-state index in [0.29, 0.717) is 147 Å². The van der Waals surface area contributed by atoms with E-state index in [1.807, 2.05) is 66.4 Å². The molecule has 18 rings (SSSR count). The first-order chi connectivity index (χ1) is 64.0. The number of amides is 8. The molecule has 0 atom stereocenters. The molecule has 4 aromatic heterocycles. The van der Waals surface area contributed by atoms with Gasteiger partial charge in [0.25, 0.3) is 47.3 Å². The number of benzene rings is 8. The molecule has 0 saturated carbocycles. The Bertz CT molecular complexity index is 6720. The van der Waals surface area contributed by atoms with Gasteiger partial charge in [-0.3, -0.25) is 57.1 Å². The third kappa shape index (κ3) is 22.3. The van der Waals surface area contributed by atoms with Gasteiger partial charge in [-0.15, -0.1) is 0 Å². The summed E-state index contributed by atoms with van der Waals surface area (Å²) in [5, 5.41) is 36.8. The van der Waals surface area contributed by atoms with Crippen molar-refractivity contribution >= 4 is 82.1 Å². The molecule has 8 amide bonds. The molecule has 36 heteroatoms. The number of ether oxygens (including phenoxy) is 8. The van der Waals surface area contributed by atoms with Gasteiger partial charge in [0.05, 0.1) is 27.8 Å². The average Bonchev–Trinajstić information content (AvgIpc) is 1.65. The summed E-state index contributed by atoms with van der Waals surface area (Å²) in [5.41, 5.74) is 3.75. The van der Waals surface area contributed by atoms with Gasteiger partial charge < -0.3 is 78.8 Å². The van der Waals surface area contributed by atoms with Crippen LogP contribution in [0.1, 0.15) is 173 Å². The molecule has 0 spiro atoms. The van der Waals surface area contributed by atoms with E-state index < -0.39 is 45.9 Å². The van der Waals surface area contributed by atoms with Gasteiger partial charge in [-0.1, -0.05) is 11.6 Å². The summed E-state index contributed by atoms with van der Waals surface area (Å²) in [6.07, 6.45) is 11.3. The second-order valence-corrected chi connectivity index (χ2v) is 36.3. The number of nitriles is 1. The smallest absolute Gasteiger partial charge is 0.257 e. The zero-order chi connectivity index (χ0) is 96.4. The molecule has 10 heterocycles. The highest BCUT2D eigenvalue weighted by molar-refractivity contribution is 6.34. The molecule has 33 nitrogen and oxygen atoms in total. The Hall–Kier alpha value is -15.6. The van der Waals surface area contributed by atoms with E-state index in [0.717, 1.165) is 59.2 Å². The highest BCUT2D eigenvalue weighted by Gasteiger charge is 2.40. The van der Waals surface area contributed by atoms with Gasteiger partial charge in [-0.05, 0) is 177 Å². The van der Waals surface area contributed by atoms with Crippen LogP contribution in [0.2, 0.25) is 5.02 Å². The van der Waals surface area contributed by atoms with Crippen LogP contribution in [0, 0.1) is 23.0 Å². The predicted octanol–water partition coefficient (Wildman–Crippen LogP) is 16.6. The molecule has 135 heavy (non-hydrogen) atoms. The minimum absolute atomic E-state index is 0.0187. The van der Waals surface area contributed by atoms with E-state index in [1.54, 1.807) is 212 Å². The zero-order valence-electron chi connectivity index (χ0n) is 77.0. The zero-order valence-corrected chi connectivity index (χ0v) is 77.8. The molecule has 6 aliphatic heterocycles. The van der Waals surface area contributed by atoms with Crippen LogP contribution < -0.4 is 59.2 Å². The standard InChI is InChI=1S/C25H24FN5O4.C25H25FN4O4.C25H26N4O4.C24H25ClN4O4/c1-25(2)14-18-20(34-16-5-6-17(19(26)13-16)24(33)30(3)10-8-27)11-15(12-21(18)35-25)23(32)28-22-7-9-31(4)29-22;1-25(2)14-18-20(33-16-5-6-17(19(26)13-16)24(32)30-8-4-9-30)11-15(12-21(18)34-25)23(31)27-22-7-10-29(3)28-22;1-25(2)15-19-20(32-18-7-5-16(6-8-18)24(31)29-10-4-11-29)13-17(14-21(19)33-25)23(30)26-22-9-12-28(3)27-22;1-24(2)13-17-19(32-15-6-7-16(18(25)12-15)23(31)28(3)4)10-14(11-20(17)33-24)22(30)26-21-8-9-29(5)27-21/h5-7,9,11-13H,10,14H2,1-4H3,(H,28,29,32);5-7,10-13H,4,8-9,14H2,1-3H3,(H,27,28,31);5-9,12-14H,4,10-11,15H2,1-3H3,(H,26,27,30);6-12H,13H2,1-5H3,(H,26,27,30). The van der Waals surface area contributed by atoms with E-state index in [9.17, 15) is 47.1 Å². The normalized spacial score (nSPS) is 14.7. The number of anilines is 4. The first-order valence-electron chi connectivity index (χ1n) is 43.3. The van der Waals surface area contributed by atoms with Crippen LogP contribution in [-0.4, -0.2) is 182 Å². The summed E-state index contributed by atoms with van der Waals surface area (Å²) < 4.78 is 84.4. The molecular formula is C99H100ClF2N17O16. The topological polar surface area (TPSA) is 367 Å². The Morgan fingerprint density at radius 2 is 0.704 bits per heavy atom. The fourth-order valence-electron chi connectivity index (χ4n) is 15.5. The predicted molar refractivity (Wildman–Crippen MR) is 497 cm³/mol. The molecular weight excluding hydrogens is 1760 g/mol. The van der Waals surface area contributed by atoms with Crippen LogP contribution in [0.15, 0.2) is 176 Å². The lowest BCUT2D eigenvalue weighted by Crippen LogP contribution is -2.42. The van der Waals surface area contributed by atoms with Crippen LogP contribution in [0.25, 0.3) is 0 Å². The van der Waals surface area contributed by atoms with Gasteiger partial charge in [0, 0.05) is 219 Å². The number of aromatic nitrogens is 8. The third-order valence-electron chi connectivity index (χ3n) is 22.4. The molecule has 2 saturated heterocycles. The van der Waals surface area contributed by atoms with E-state index in [2.05, 4.69) is 41.7 Å². The van der Waals surface area contributed by atoms with Gasteiger partial charge in [-0.2, -0.15) is 25.7 Å². The highest BCUT2D eigenvalue weighted by atomic mass is 35.5. The van der Waals surface area contributed by atoms with Crippen molar-refractivity contribution in [3.05, 3.63) is 260 Å². The van der Waals surface area contributed by atoms with E-state index in [4.69, 9.17) is 54.8 Å². The first kappa shape index (κ1) is 94.1. The van der Waals surface area contributed by atoms with Gasteiger partial charge in [0.15, 0.2) is 23.3 Å². The molecule has 12 aromatic rings. The van der Waals surface area contributed by atoms with Crippen LogP contribution in [0.4, 0.5) is 32.1 Å². The molecule has 8 aromatic carbocycles. The van der Waals surface area contributed by atoms with Crippen LogP contribution in [0.3, 0.4) is 0 Å². The summed E-state index contributed by atoms with van der Waals surface area (Å²) in [5.74, 6) is 3.27. The summed E-state index contributed by atoms with van der Waals surface area (Å²) in [6, 6.07) is 42.0. The Morgan fingerprint density at radius 3 is 0.993 bits per heavy atom. The SMILES string of the molecule is CN(C)C(=O)c1ccc(Oc2cc(C(=O)Nc3ccn(C)n3)cc3c2CC(C)(C)O3)cc1Cl.CN(CC#N)C(=O)c1ccc(Oc2cc(C(=O)Nc3ccn(C)n3)cc3c2CC(C)(C)O3)cc1F.Cn1ccc(NC(=O)c2cc(Oc3ccc(C(=O)N4CCC4)c(F)c3)c3c(c2)OC(C)(C)C3)n1.Cn1ccc(NC(=O)c2cc(Oc3ccc(C(=O)N4CCC4)cc3)c3c(c2)OC(C)(C)C3)n1. The molecule has 6 aliphatic rings. The number of hydrogen-bond acceptors (Lipinski definition) is 21. The second kappa shape index (κ2) is 38.3.